The second-order valence-electron chi connectivity index (χ2n) is 2.75. The zero-order valence-electron chi connectivity index (χ0n) is 7.00. The van der Waals surface area contributed by atoms with Crippen LogP contribution >= 0.6 is 11.6 Å². The van der Waals surface area contributed by atoms with Crippen LogP contribution in [0.3, 0.4) is 0 Å². The summed E-state index contributed by atoms with van der Waals surface area (Å²) in [5.41, 5.74) is 1.72. The SMILES string of the molecule is C=Cc1cc(Cl)c2ccccc2n1. The average molecular weight is 190 g/mol. The Balaban J connectivity index is 2.84. The summed E-state index contributed by atoms with van der Waals surface area (Å²) in [5, 5.41) is 1.70. The molecule has 1 aromatic carbocycles. The number of para-hydroxylation sites is 1. The number of benzene rings is 1. The molecule has 0 spiro atoms. The van der Waals surface area contributed by atoms with Crippen LogP contribution in [0, 0.1) is 0 Å². The normalized spacial score (nSPS) is 10.2. The lowest BCUT2D eigenvalue weighted by Crippen LogP contribution is -1.83. The van der Waals surface area contributed by atoms with Crippen LogP contribution in [-0.2, 0) is 0 Å². The minimum atomic E-state index is 0.723. The predicted molar refractivity (Wildman–Crippen MR) is 56.8 cm³/mol. The summed E-state index contributed by atoms with van der Waals surface area (Å²) in [6.07, 6.45) is 1.69. The molecule has 2 aromatic rings. The molecule has 2 rings (SSSR count). The summed E-state index contributed by atoms with van der Waals surface area (Å²) in [4.78, 5) is 4.35. The molecule has 0 saturated carbocycles. The van der Waals surface area contributed by atoms with E-state index in [0.29, 0.717) is 0 Å². The molecule has 0 radical (unpaired) electrons. The predicted octanol–water partition coefficient (Wildman–Crippen LogP) is 3.53. The van der Waals surface area contributed by atoms with Gasteiger partial charge in [0.25, 0.3) is 0 Å². The summed E-state index contributed by atoms with van der Waals surface area (Å²) < 4.78 is 0. The van der Waals surface area contributed by atoms with E-state index in [9.17, 15) is 0 Å². The number of rotatable bonds is 1. The third-order valence-corrected chi connectivity index (χ3v) is 2.21. The Kier molecular flexibility index (Phi) is 2.03. The molecule has 0 unspecified atom stereocenters. The van der Waals surface area contributed by atoms with Gasteiger partial charge in [0.15, 0.2) is 0 Å². The standard InChI is InChI=1S/C11H8ClN/c1-2-8-7-10(12)9-5-3-4-6-11(9)13-8/h2-7H,1H2. The molecule has 0 aliphatic heterocycles. The Hall–Kier alpha value is -1.34. The van der Waals surface area contributed by atoms with Crippen molar-refractivity contribution in [3.8, 4) is 0 Å². The van der Waals surface area contributed by atoms with Gasteiger partial charge in [-0.05, 0) is 18.2 Å². The smallest absolute Gasteiger partial charge is 0.0724 e. The Morgan fingerprint density at radius 2 is 2.08 bits per heavy atom. The van der Waals surface area contributed by atoms with Crippen LogP contribution < -0.4 is 0 Å². The zero-order chi connectivity index (χ0) is 9.26. The maximum Gasteiger partial charge on any atom is 0.0724 e. The molecule has 0 aliphatic rings. The van der Waals surface area contributed by atoms with Crippen LogP contribution in [-0.4, -0.2) is 4.98 Å². The maximum atomic E-state index is 6.05. The van der Waals surface area contributed by atoms with E-state index < -0.39 is 0 Å². The number of halogens is 1. The van der Waals surface area contributed by atoms with Gasteiger partial charge in [0, 0.05) is 5.39 Å². The molecule has 0 N–H and O–H groups in total. The van der Waals surface area contributed by atoms with Gasteiger partial charge in [-0.15, -0.1) is 0 Å². The molecule has 2 heteroatoms. The lowest BCUT2D eigenvalue weighted by Gasteiger charge is -2.00. The van der Waals surface area contributed by atoms with Gasteiger partial charge in [-0.3, -0.25) is 0 Å². The number of fused-ring (bicyclic) bond motifs is 1. The van der Waals surface area contributed by atoms with E-state index in [0.717, 1.165) is 21.6 Å². The molecule has 0 fully saturated rings. The number of hydrogen-bond donors (Lipinski definition) is 0. The molecular weight excluding hydrogens is 182 g/mol. The third-order valence-electron chi connectivity index (χ3n) is 1.89. The van der Waals surface area contributed by atoms with E-state index in [-0.39, 0.29) is 0 Å². The first-order valence-corrected chi connectivity index (χ1v) is 4.37. The van der Waals surface area contributed by atoms with Crippen molar-refractivity contribution in [1.82, 2.24) is 4.98 Å². The Bertz CT molecular complexity index is 463. The van der Waals surface area contributed by atoms with E-state index >= 15 is 0 Å². The highest BCUT2D eigenvalue weighted by atomic mass is 35.5. The first kappa shape index (κ1) is 8.27. The Morgan fingerprint density at radius 3 is 2.85 bits per heavy atom. The van der Waals surface area contributed by atoms with E-state index in [1.165, 1.54) is 0 Å². The van der Waals surface area contributed by atoms with Crippen molar-refractivity contribution >= 4 is 28.6 Å². The van der Waals surface area contributed by atoms with Crippen molar-refractivity contribution in [2.45, 2.75) is 0 Å². The second kappa shape index (κ2) is 3.19. The number of aromatic nitrogens is 1. The van der Waals surface area contributed by atoms with Crippen molar-refractivity contribution in [3.05, 3.63) is 47.6 Å². The molecular formula is C11H8ClN. The van der Waals surface area contributed by atoms with Crippen molar-refractivity contribution in [3.63, 3.8) is 0 Å². The van der Waals surface area contributed by atoms with Gasteiger partial charge < -0.3 is 0 Å². The number of pyridine rings is 1. The first-order valence-electron chi connectivity index (χ1n) is 3.99. The molecule has 0 atom stereocenters. The van der Waals surface area contributed by atoms with E-state index in [2.05, 4.69) is 11.6 Å². The van der Waals surface area contributed by atoms with Gasteiger partial charge in [-0.1, -0.05) is 36.4 Å². The monoisotopic (exact) mass is 189 g/mol. The second-order valence-corrected chi connectivity index (χ2v) is 3.16. The van der Waals surface area contributed by atoms with E-state index in [1.54, 1.807) is 6.08 Å². The summed E-state index contributed by atoms with van der Waals surface area (Å²) in [5.74, 6) is 0. The van der Waals surface area contributed by atoms with Crippen molar-refractivity contribution in [2.75, 3.05) is 0 Å². The molecule has 0 amide bonds. The van der Waals surface area contributed by atoms with Crippen LogP contribution in [0.4, 0.5) is 0 Å². The third kappa shape index (κ3) is 1.43. The van der Waals surface area contributed by atoms with E-state index in [4.69, 9.17) is 11.6 Å². The van der Waals surface area contributed by atoms with Crippen LogP contribution in [0.2, 0.25) is 5.02 Å². The fourth-order valence-electron chi connectivity index (χ4n) is 1.26. The number of hydrogen-bond acceptors (Lipinski definition) is 1. The summed E-state index contributed by atoms with van der Waals surface area (Å²) >= 11 is 6.05. The highest BCUT2D eigenvalue weighted by Crippen LogP contribution is 2.22. The van der Waals surface area contributed by atoms with Crippen molar-refractivity contribution in [1.29, 1.82) is 0 Å². The molecule has 1 nitrogen and oxygen atoms in total. The topological polar surface area (TPSA) is 12.9 Å². The Labute approximate surface area is 81.7 Å². The largest absolute Gasteiger partial charge is 0.248 e. The van der Waals surface area contributed by atoms with Crippen LogP contribution in [0.5, 0.6) is 0 Å². The zero-order valence-corrected chi connectivity index (χ0v) is 7.75. The molecule has 0 aliphatic carbocycles. The van der Waals surface area contributed by atoms with Crippen LogP contribution in [0.15, 0.2) is 36.9 Å². The van der Waals surface area contributed by atoms with Gasteiger partial charge in [0.1, 0.15) is 0 Å². The number of nitrogens with zero attached hydrogens (tertiary/aromatic N) is 1. The quantitative estimate of drug-likeness (QED) is 0.669. The molecule has 64 valence electrons. The minimum absolute atomic E-state index is 0.723. The van der Waals surface area contributed by atoms with Gasteiger partial charge in [0.2, 0.25) is 0 Å². The molecule has 13 heavy (non-hydrogen) atoms. The lowest BCUT2D eigenvalue weighted by molar-refractivity contribution is 1.37. The van der Waals surface area contributed by atoms with Crippen molar-refractivity contribution in [2.24, 2.45) is 0 Å². The van der Waals surface area contributed by atoms with Crippen LogP contribution in [0.25, 0.3) is 17.0 Å². The molecule has 1 heterocycles. The minimum Gasteiger partial charge on any atom is -0.248 e. The fourth-order valence-corrected chi connectivity index (χ4v) is 1.53. The van der Waals surface area contributed by atoms with Crippen LogP contribution in [0.1, 0.15) is 5.69 Å². The maximum absolute atomic E-state index is 6.05. The first-order chi connectivity index (χ1) is 6.31. The summed E-state index contributed by atoms with van der Waals surface area (Å²) in [6, 6.07) is 9.60. The molecule has 0 saturated heterocycles. The summed E-state index contributed by atoms with van der Waals surface area (Å²) in [6.45, 7) is 3.66. The van der Waals surface area contributed by atoms with E-state index in [1.807, 2.05) is 30.3 Å². The summed E-state index contributed by atoms with van der Waals surface area (Å²) in [7, 11) is 0. The fraction of sp³-hybridized carbons (Fsp3) is 0. The molecule has 1 aromatic heterocycles. The van der Waals surface area contributed by atoms with Crippen molar-refractivity contribution < 1.29 is 0 Å². The van der Waals surface area contributed by atoms with Gasteiger partial charge in [-0.25, -0.2) is 4.98 Å². The Morgan fingerprint density at radius 1 is 1.31 bits per heavy atom. The average Bonchev–Trinajstić information content (AvgIpc) is 2.18. The van der Waals surface area contributed by atoms with Gasteiger partial charge in [0.05, 0.1) is 16.2 Å². The highest BCUT2D eigenvalue weighted by molar-refractivity contribution is 6.35. The molecule has 0 bridgehead atoms. The highest BCUT2D eigenvalue weighted by Gasteiger charge is 2.00. The lowest BCUT2D eigenvalue weighted by atomic mass is 10.2. The van der Waals surface area contributed by atoms with Gasteiger partial charge >= 0.3 is 0 Å². The van der Waals surface area contributed by atoms with Gasteiger partial charge in [-0.2, -0.15) is 0 Å².